The summed E-state index contributed by atoms with van der Waals surface area (Å²) in [6, 6.07) is 8.09. The SMILES string of the molecule is CC1CNCCC1(C#N)Nc1ccc(Cl)c(Br)c1. The Balaban J connectivity index is 2.24. The molecule has 1 fully saturated rings. The second-order valence-electron chi connectivity index (χ2n) is 4.69. The Hall–Kier alpha value is -0.760. The van der Waals surface area contributed by atoms with E-state index in [0.29, 0.717) is 5.02 Å². The molecule has 2 unspecified atom stereocenters. The van der Waals surface area contributed by atoms with Crippen LogP contribution in [0.4, 0.5) is 5.69 Å². The van der Waals surface area contributed by atoms with Crippen LogP contribution >= 0.6 is 27.5 Å². The van der Waals surface area contributed by atoms with Crippen molar-refractivity contribution in [1.82, 2.24) is 5.32 Å². The fraction of sp³-hybridized carbons (Fsp3) is 0.462. The Morgan fingerprint density at radius 3 is 3.00 bits per heavy atom. The van der Waals surface area contributed by atoms with Crippen molar-refractivity contribution < 1.29 is 0 Å². The van der Waals surface area contributed by atoms with Crippen LogP contribution in [-0.4, -0.2) is 18.6 Å². The third-order valence-electron chi connectivity index (χ3n) is 3.47. The molecule has 0 bridgehead atoms. The van der Waals surface area contributed by atoms with E-state index in [1.807, 2.05) is 18.2 Å². The molecule has 0 spiro atoms. The number of piperidine rings is 1. The van der Waals surface area contributed by atoms with Crippen LogP contribution in [0.3, 0.4) is 0 Å². The summed E-state index contributed by atoms with van der Waals surface area (Å²) in [7, 11) is 0. The Labute approximate surface area is 121 Å². The van der Waals surface area contributed by atoms with Crippen LogP contribution in [0.1, 0.15) is 13.3 Å². The van der Waals surface area contributed by atoms with E-state index in [0.717, 1.165) is 29.7 Å². The number of halogens is 2. The molecule has 2 N–H and O–H groups in total. The van der Waals surface area contributed by atoms with Crippen LogP contribution in [-0.2, 0) is 0 Å². The summed E-state index contributed by atoms with van der Waals surface area (Å²) in [5.74, 6) is 0.255. The number of benzene rings is 1. The first-order chi connectivity index (χ1) is 8.57. The van der Waals surface area contributed by atoms with Crippen LogP contribution in [0.15, 0.2) is 22.7 Å². The van der Waals surface area contributed by atoms with Gasteiger partial charge in [-0.3, -0.25) is 0 Å². The van der Waals surface area contributed by atoms with Crippen molar-refractivity contribution in [3.8, 4) is 6.07 Å². The van der Waals surface area contributed by atoms with E-state index in [1.165, 1.54) is 0 Å². The van der Waals surface area contributed by atoms with Crippen molar-refractivity contribution in [2.24, 2.45) is 5.92 Å². The molecular formula is C13H15BrClN3. The minimum absolute atomic E-state index is 0.255. The van der Waals surface area contributed by atoms with Gasteiger partial charge in [-0.15, -0.1) is 0 Å². The predicted octanol–water partition coefficient (Wildman–Crippen LogP) is 3.41. The summed E-state index contributed by atoms with van der Waals surface area (Å²) in [5, 5.41) is 16.9. The summed E-state index contributed by atoms with van der Waals surface area (Å²) in [6.45, 7) is 3.81. The fourth-order valence-corrected chi connectivity index (χ4v) is 2.73. The number of hydrogen-bond acceptors (Lipinski definition) is 3. The quantitative estimate of drug-likeness (QED) is 0.874. The van der Waals surface area contributed by atoms with Gasteiger partial charge in [-0.25, -0.2) is 0 Å². The van der Waals surface area contributed by atoms with Gasteiger partial charge in [-0.05, 0) is 47.1 Å². The molecule has 3 nitrogen and oxygen atoms in total. The van der Waals surface area contributed by atoms with Gasteiger partial charge in [0.1, 0.15) is 5.54 Å². The van der Waals surface area contributed by atoms with E-state index in [9.17, 15) is 5.26 Å². The van der Waals surface area contributed by atoms with Gasteiger partial charge in [0.25, 0.3) is 0 Å². The first-order valence-electron chi connectivity index (χ1n) is 5.92. The van der Waals surface area contributed by atoms with E-state index >= 15 is 0 Å². The van der Waals surface area contributed by atoms with Gasteiger partial charge in [-0.2, -0.15) is 5.26 Å². The number of nitriles is 1. The molecular weight excluding hydrogens is 314 g/mol. The zero-order valence-electron chi connectivity index (χ0n) is 10.1. The Kier molecular flexibility index (Phi) is 4.16. The number of nitrogens with one attached hydrogen (secondary N) is 2. The van der Waals surface area contributed by atoms with Gasteiger partial charge in [0.15, 0.2) is 0 Å². The van der Waals surface area contributed by atoms with E-state index < -0.39 is 5.54 Å². The molecule has 1 aliphatic heterocycles. The lowest BCUT2D eigenvalue weighted by atomic mass is 9.80. The summed E-state index contributed by atoms with van der Waals surface area (Å²) < 4.78 is 0.837. The lowest BCUT2D eigenvalue weighted by Gasteiger charge is -2.38. The monoisotopic (exact) mass is 327 g/mol. The third-order valence-corrected chi connectivity index (χ3v) is 4.69. The Morgan fingerprint density at radius 2 is 2.39 bits per heavy atom. The van der Waals surface area contributed by atoms with Crippen molar-refractivity contribution in [3.63, 3.8) is 0 Å². The summed E-state index contributed by atoms with van der Waals surface area (Å²) in [5.41, 5.74) is 0.417. The Morgan fingerprint density at radius 1 is 1.61 bits per heavy atom. The molecule has 5 heteroatoms. The highest BCUT2D eigenvalue weighted by Crippen LogP contribution is 2.31. The van der Waals surface area contributed by atoms with Crippen LogP contribution in [0.5, 0.6) is 0 Å². The van der Waals surface area contributed by atoms with Crippen LogP contribution in [0, 0.1) is 17.2 Å². The number of anilines is 1. The van der Waals surface area contributed by atoms with Gasteiger partial charge in [0.2, 0.25) is 0 Å². The highest BCUT2D eigenvalue weighted by atomic mass is 79.9. The molecule has 1 aliphatic rings. The maximum atomic E-state index is 9.52. The maximum absolute atomic E-state index is 9.52. The van der Waals surface area contributed by atoms with E-state index in [-0.39, 0.29) is 5.92 Å². The van der Waals surface area contributed by atoms with E-state index in [2.05, 4.69) is 39.6 Å². The number of hydrogen-bond donors (Lipinski definition) is 2. The second kappa shape index (κ2) is 5.48. The van der Waals surface area contributed by atoms with Crippen LogP contribution < -0.4 is 10.6 Å². The zero-order valence-corrected chi connectivity index (χ0v) is 12.5. The molecule has 0 saturated carbocycles. The summed E-state index contributed by atoms with van der Waals surface area (Å²) in [4.78, 5) is 0. The van der Waals surface area contributed by atoms with Gasteiger partial charge in [0.05, 0.1) is 11.1 Å². The van der Waals surface area contributed by atoms with E-state index in [1.54, 1.807) is 0 Å². The third kappa shape index (κ3) is 2.64. The first-order valence-corrected chi connectivity index (χ1v) is 7.10. The maximum Gasteiger partial charge on any atom is 0.130 e. The average Bonchev–Trinajstić information content (AvgIpc) is 2.37. The predicted molar refractivity (Wildman–Crippen MR) is 77.8 cm³/mol. The summed E-state index contributed by atoms with van der Waals surface area (Å²) in [6.07, 6.45) is 0.797. The second-order valence-corrected chi connectivity index (χ2v) is 5.95. The molecule has 0 aromatic heterocycles. The van der Waals surface area contributed by atoms with E-state index in [4.69, 9.17) is 11.6 Å². The molecule has 0 amide bonds. The highest BCUT2D eigenvalue weighted by Gasteiger charge is 2.38. The normalized spacial score (nSPS) is 27.6. The smallest absolute Gasteiger partial charge is 0.130 e. The number of nitrogens with zero attached hydrogens (tertiary/aromatic N) is 1. The molecule has 2 atom stereocenters. The van der Waals surface area contributed by atoms with Crippen molar-refractivity contribution in [2.75, 3.05) is 18.4 Å². The topological polar surface area (TPSA) is 47.9 Å². The molecule has 1 saturated heterocycles. The van der Waals surface area contributed by atoms with Crippen molar-refractivity contribution >= 4 is 33.2 Å². The molecule has 1 heterocycles. The standard InChI is InChI=1S/C13H15BrClN3/c1-9-7-17-5-4-13(9,8-16)18-10-2-3-12(15)11(14)6-10/h2-3,6,9,17-18H,4-5,7H2,1H3. The van der Waals surface area contributed by atoms with Gasteiger partial charge in [0, 0.05) is 22.6 Å². The molecule has 96 valence electrons. The molecule has 0 aliphatic carbocycles. The van der Waals surface area contributed by atoms with Crippen molar-refractivity contribution in [1.29, 1.82) is 5.26 Å². The Bertz CT molecular complexity index is 486. The molecule has 2 rings (SSSR count). The van der Waals surface area contributed by atoms with Crippen molar-refractivity contribution in [2.45, 2.75) is 18.9 Å². The lowest BCUT2D eigenvalue weighted by Crippen LogP contribution is -2.53. The highest BCUT2D eigenvalue weighted by molar-refractivity contribution is 9.10. The van der Waals surface area contributed by atoms with Gasteiger partial charge < -0.3 is 10.6 Å². The molecule has 1 aromatic rings. The van der Waals surface area contributed by atoms with Crippen molar-refractivity contribution in [3.05, 3.63) is 27.7 Å². The number of rotatable bonds is 2. The van der Waals surface area contributed by atoms with Crippen LogP contribution in [0.25, 0.3) is 0 Å². The zero-order chi connectivity index (χ0) is 13.2. The lowest BCUT2D eigenvalue weighted by molar-refractivity contribution is 0.304. The minimum atomic E-state index is -0.501. The summed E-state index contributed by atoms with van der Waals surface area (Å²) >= 11 is 9.37. The van der Waals surface area contributed by atoms with Gasteiger partial charge >= 0.3 is 0 Å². The van der Waals surface area contributed by atoms with Gasteiger partial charge in [-0.1, -0.05) is 18.5 Å². The average molecular weight is 329 g/mol. The largest absolute Gasteiger partial charge is 0.367 e. The van der Waals surface area contributed by atoms with Crippen LogP contribution in [0.2, 0.25) is 5.02 Å². The molecule has 1 aromatic carbocycles. The fourth-order valence-electron chi connectivity index (χ4n) is 2.24. The molecule has 18 heavy (non-hydrogen) atoms. The minimum Gasteiger partial charge on any atom is -0.367 e. The first kappa shape index (κ1) is 13.7. The molecule has 0 radical (unpaired) electrons.